The van der Waals surface area contributed by atoms with Crippen molar-refractivity contribution in [3.8, 4) is 0 Å². The molecule has 0 aliphatic carbocycles. The van der Waals surface area contributed by atoms with Crippen molar-refractivity contribution in [3.63, 3.8) is 0 Å². The summed E-state index contributed by atoms with van der Waals surface area (Å²) in [7, 11) is 0. The van der Waals surface area contributed by atoms with Crippen LogP contribution in [0.3, 0.4) is 0 Å². The van der Waals surface area contributed by atoms with E-state index in [1.54, 1.807) is 12.1 Å². The topological polar surface area (TPSA) is 57.5 Å². The first-order valence-corrected chi connectivity index (χ1v) is 5.04. The van der Waals surface area contributed by atoms with Crippen LogP contribution < -0.4 is 0 Å². The summed E-state index contributed by atoms with van der Waals surface area (Å²) in [5.41, 5.74) is 0.745. The number of carboxylic acid groups (broad SMARTS) is 1. The standard InChI is InChI=1S/C10H11BrO3/c11-8-3-1-7(2-4-8)9(12)5-6-10(13)14/h1-4,9,12H,5-6H2,(H,13,14). The molecule has 1 unspecified atom stereocenters. The lowest BCUT2D eigenvalue weighted by atomic mass is 10.1. The van der Waals surface area contributed by atoms with Gasteiger partial charge in [-0.05, 0) is 24.1 Å². The molecule has 3 nitrogen and oxygen atoms in total. The molecule has 76 valence electrons. The lowest BCUT2D eigenvalue weighted by molar-refractivity contribution is -0.137. The Kier molecular flexibility index (Phi) is 4.10. The van der Waals surface area contributed by atoms with Gasteiger partial charge >= 0.3 is 5.97 Å². The smallest absolute Gasteiger partial charge is 0.303 e. The molecule has 0 bridgehead atoms. The maximum atomic E-state index is 10.3. The lowest BCUT2D eigenvalue weighted by Crippen LogP contribution is -2.02. The van der Waals surface area contributed by atoms with E-state index >= 15 is 0 Å². The summed E-state index contributed by atoms with van der Waals surface area (Å²) in [6.07, 6.45) is -0.465. The molecule has 4 heteroatoms. The number of hydrogen-bond acceptors (Lipinski definition) is 2. The SMILES string of the molecule is O=C(O)CCC(O)c1ccc(Br)cc1. The summed E-state index contributed by atoms with van der Waals surface area (Å²) in [4.78, 5) is 10.3. The van der Waals surface area contributed by atoms with Gasteiger partial charge in [0.15, 0.2) is 0 Å². The van der Waals surface area contributed by atoms with Crippen molar-refractivity contribution in [2.24, 2.45) is 0 Å². The van der Waals surface area contributed by atoms with Gasteiger partial charge in [0.05, 0.1) is 6.10 Å². The second kappa shape index (κ2) is 5.12. The van der Waals surface area contributed by atoms with Gasteiger partial charge in [-0.2, -0.15) is 0 Å². The fourth-order valence-corrected chi connectivity index (χ4v) is 1.38. The molecule has 0 aromatic heterocycles. The summed E-state index contributed by atoms with van der Waals surface area (Å²) in [6.45, 7) is 0. The number of carbonyl (C=O) groups is 1. The largest absolute Gasteiger partial charge is 0.481 e. The molecule has 14 heavy (non-hydrogen) atoms. The number of aliphatic carboxylic acids is 1. The molecule has 1 rings (SSSR count). The van der Waals surface area contributed by atoms with Crippen LogP contribution in [0.1, 0.15) is 24.5 Å². The highest BCUT2D eigenvalue weighted by molar-refractivity contribution is 9.10. The van der Waals surface area contributed by atoms with Gasteiger partial charge < -0.3 is 10.2 Å². The van der Waals surface area contributed by atoms with Crippen molar-refractivity contribution in [2.75, 3.05) is 0 Å². The third kappa shape index (κ3) is 3.47. The van der Waals surface area contributed by atoms with Gasteiger partial charge in [0.1, 0.15) is 0 Å². The van der Waals surface area contributed by atoms with Crippen LogP contribution in [0.2, 0.25) is 0 Å². The number of carboxylic acids is 1. The number of benzene rings is 1. The van der Waals surface area contributed by atoms with Gasteiger partial charge in [0.2, 0.25) is 0 Å². The van der Waals surface area contributed by atoms with E-state index < -0.39 is 12.1 Å². The number of aliphatic hydroxyl groups is 1. The second-order valence-corrected chi connectivity index (χ2v) is 3.92. The molecule has 0 saturated carbocycles. The zero-order chi connectivity index (χ0) is 10.6. The molecule has 0 aliphatic rings. The second-order valence-electron chi connectivity index (χ2n) is 3.00. The molecule has 1 atom stereocenters. The van der Waals surface area contributed by atoms with E-state index in [2.05, 4.69) is 15.9 Å². The summed E-state index contributed by atoms with van der Waals surface area (Å²) in [5.74, 6) is -0.888. The van der Waals surface area contributed by atoms with Crippen LogP contribution in [0.5, 0.6) is 0 Å². The van der Waals surface area contributed by atoms with E-state index in [-0.39, 0.29) is 12.8 Å². The Labute approximate surface area is 90.5 Å². The Hall–Kier alpha value is -0.870. The van der Waals surface area contributed by atoms with Crippen LogP contribution in [0.15, 0.2) is 28.7 Å². The van der Waals surface area contributed by atoms with Gasteiger partial charge in [-0.15, -0.1) is 0 Å². The number of hydrogen-bond donors (Lipinski definition) is 2. The van der Waals surface area contributed by atoms with Gasteiger partial charge in [0.25, 0.3) is 0 Å². The molecule has 1 aromatic rings. The van der Waals surface area contributed by atoms with Gasteiger partial charge in [0, 0.05) is 10.9 Å². The van der Waals surface area contributed by atoms with Crippen molar-refractivity contribution >= 4 is 21.9 Å². The quantitative estimate of drug-likeness (QED) is 0.872. The minimum Gasteiger partial charge on any atom is -0.481 e. The van der Waals surface area contributed by atoms with E-state index in [0.717, 1.165) is 10.0 Å². The van der Waals surface area contributed by atoms with E-state index in [0.29, 0.717) is 0 Å². The Bertz CT molecular complexity index is 308. The van der Waals surface area contributed by atoms with Crippen LogP contribution >= 0.6 is 15.9 Å². The Morgan fingerprint density at radius 2 is 1.93 bits per heavy atom. The van der Waals surface area contributed by atoms with Crippen molar-refractivity contribution in [1.29, 1.82) is 0 Å². The van der Waals surface area contributed by atoms with E-state index in [4.69, 9.17) is 5.11 Å². The first kappa shape index (κ1) is 11.2. The molecule has 0 fully saturated rings. The van der Waals surface area contributed by atoms with E-state index in [9.17, 15) is 9.90 Å². The van der Waals surface area contributed by atoms with Crippen LogP contribution in [-0.2, 0) is 4.79 Å². The minimum atomic E-state index is -0.888. The van der Waals surface area contributed by atoms with Crippen LogP contribution in [0.4, 0.5) is 0 Å². The fourth-order valence-electron chi connectivity index (χ4n) is 1.11. The Morgan fingerprint density at radius 3 is 2.43 bits per heavy atom. The monoisotopic (exact) mass is 258 g/mol. The van der Waals surface area contributed by atoms with Crippen molar-refractivity contribution in [2.45, 2.75) is 18.9 Å². The van der Waals surface area contributed by atoms with Gasteiger partial charge in [-0.3, -0.25) is 4.79 Å². The molecule has 0 saturated heterocycles. The number of halogens is 1. The summed E-state index contributed by atoms with van der Waals surface area (Å²) < 4.78 is 0.937. The highest BCUT2D eigenvalue weighted by Gasteiger charge is 2.09. The number of aliphatic hydroxyl groups excluding tert-OH is 1. The molecule has 0 aliphatic heterocycles. The van der Waals surface area contributed by atoms with E-state index in [1.165, 1.54) is 0 Å². The highest BCUT2D eigenvalue weighted by Crippen LogP contribution is 2.20. The molecular weight excluding hydrogens is 248 g/mol. The lowest BCUT2D eigenvalue weighted by Gasteiger charge is -2.08. The molecule has 0 heterocycles. The molecule has 0 radical (unpaired) electrons. The minimum absolute atomic E-state index is 0.0166. The van der Waals surface area contributed by atoms with Crippen LogP contribution in [0.25, 0.3) is 0 Å². The molecule has 1 aromatic carbocycles. The first-order valence-electron chi connectivity index (χ1n) is 4.25. The average molecular weight is 259 g/mol. The van der Waals surface area contributed by atoms with Crippen molar-refractivity contribution < 1.29 is 15.0 Å². The van der Waals surface area contributed by atoms with Gasteiger partial charge in [-0.1, -0.05) is 28.1 Å². The summed E-state index contributed by atoms with van der Waals surface area (Å²) in [6, 6.07) is 7.19. The highest BCUT2D eigenvalue weighted by atomic mass is 79.9. The zero-order valence-corrected chi connectivity index (χ0v) is 9.07. The van der Waals surface area contributed by atoms with Crippen LogP contribution in [-0.4, -0.2) is 16.2 Å². The van der Waals surface area contributed by atoms with Gasteiger partial charge in [-0.25, -0.2) is 0 Å². The number of rotatable bonds is 4. The average Bonchev–Trinajstić information content (AvgIpc) is 2.15. The fraction of sp³-hybridized carbons (Fsp3) is 0.300. The molecule has 0 spiro atoms. The van der Waals surface area contributed by atoms with Crippen LogP contribution in [0, 0.1) is 0 Å². The first-order chi connectivity index (χ1) is 6.59. The van der Waals surface area contributed by atoms with Crippen molar-refractivity contribution in [3.05, 3.63) is 34.3 Å². The maximum absolute atomic E-state index is 10.3. The zero-order valence-electron chi connectivity index (χ0n) is 7.48. The third-order valence-corrected chi connectivity index (χ3v) is 2.42. The molecule has 2 N–H and O–H groups in total. The predicted octanol–water partition coefficient (Wildman–Crippen LogP) is 2.35. The predicted molar refractivity (Wildman–Crippen MR) is 56.0 cm³/mol. The normalized spacial score (nSPS) is 12.4. The summed E-state index contributed by atoms with van der Waals surface area (Å²) in [5, 5.41) is 18.0. The molecular formula is C10H11BrO3. The maximum Gasteiger partial charge on any atom is 0.303 e. The molecule has 0 amide bonds. The van der Waals surface area contributed by atoms with Crippen molar-refractivity contribution in [1.82, 2.24) is 0 Å². The Balaban J connectivity index is 2.56. The Morgan fingerprint density at radius 1 is 1.36 bits per heavy atom. The summed E-state index contributed by atoms with van der Waals surface area (Å²) >= 11 is 3.28. The van der Waals surface area contributed by atoms with E-state index in [1.807, 2.05) is 12.1 Å². The third-order valence-electron chi connectivity index (χ3n) is 1.89.